The standard InChI is InChI=1S/C8H15N5O/c1-6(3-9)4-13-5-8(11-12-13)10-7(2)14/h5-6H,3-4,9H2,1-2H3,(H,10,14). The Hall–Kier alpha value is -1.43. The van der Waals surface area contributed by atoms with Crippen molar-refractivity contribution < 1.29 is 4.79 Å². The topological polar surface area (TPSA) is 85.8 Å². The maximum atomic E-state index is 10.7. The second kappa shape index (κ2) is 4.71. The summed E-state index contributed by atoms with van der Waals surface area (Å²) in [6.45, 7) is 4.78. The largest absolute Gasteiger partial charge is 0.330 e. The second-order valence-corrected chi connectivity index (χ2v) is 3.35. The highest BCUT2D eigenvalue weighted by Gasteiger charge is 2.04. The highest BCUT2D eigenvalue weighted by molar-refractivity contribution is 5.87. The zero-order chi connectivity index (χ0) is 10.6. The van der Waals surface area contributed by atoms with Crippen molar-refractivity contribution in [3.05, 3.63) is 6.20 Å². The summed E-state index contributed by atoms with van der Waals surface area (Å²) in [5.41, 5.74) is 5.48. The Kier molecular flexibility index (Phi) is 3.58. The van der Waals surface area contributed by atoms with Gasteiger partial charge < -0.3 is 11.1 Å². The van der Waals surface area contributed by atoms with Gasteiger partial charge in [0.1, 0.15) is 0 Å². The number of amides is 1. The smallest absolute Gasteiger partial charge is 0.222 e. The molecule has 0 aromatic carbocycles. The number of hydrogen-bond donors (Lipinski definition) is 2. The van der Waals surface area contributed by atoms with E-state index in [1.165, 1.54) is 6.92 Å². The van der Waals surface area contributed by atoms with Gasteiger partial charge in [-0.3, -0.25) is 9.48 Å². The van der Waals surface area contributed by atoms with Gasteiger partial charge in [-0.25, -0.2) is 0 Å². The Bertz CT molecular complexity index is 308. The van der Waals surface area contributed by atoms with Crippen LogP contribution in [0.15, 0.2) is 6.20 Å². The first-order chi connectivity index (χ1) is 6.61. The normalized spacial score (nSPS) is 12.5. The molecule has 1 unspecified atom stereocenters. The van der Waals surface area contributed by atoms with Gasteiger partial charge in [0.25, 0.3) is 0 Å². The molecule has 3 N–H and O–H groups in total. The number of nitrogens with one attached hydrogen (secondary N) is 1. The summed E-state index contributed by atoms with van der Waals surface area (Å²) in [6, 6.07) is 0. The first-order valence-electron chi connectivity index (χ1n) is 4.49. The lowest BCUT2D eigenvalue weighted by atomic mass is 10.2. The summed E-state index contributed by atoms with van der Waals surface area (Å²) >= 11 is 0. The lowest BCUT2D eigenvalue weighted by Gasteiger charge is -2.06. The molecule has 0 aliphatic heterocycles. The number of carbonyl (C=O) groups excluding carboxylic acids is 1. The molecule has 0 radical (unpaired) electrons. The van der Waals surface area contributed by atoms with Crippen molar-refractivity contribution >= 4 is 11.7 Å². The van der Waals surface area contributed by atoms with Gasteiger partial charge in [0.05, 0.1) is 6.20 Å². The van der Waals surface area contributed by atoms with E-state index in [0.717, 1.165) is 0 Å². The summed E-state index contributed by atoms with van der Waals surface area (Å²) in [7, 11) is 0. The number of anilines is 1. The minimum absolute atomic E-state index is 0.149. The highest BCUT2D eigenvalue weighted by Crippen LogP contribution is 2.02. The molecule has 6 nitrogen and oxygen atoms in total. The van der Waals surface area contributed by atoms with Crippen LogP contribution in [0.2, 0.25) is 0 Å². The van der Waals surface area contributed by atoms with Crippen LogP contribution >= 0.6 is 0 Å². The monoisotopic (exact) mass is 197 g/mol. The molecule has 1 atom stereocenters. The number of nitrogens with zero attached hydrogens (tertiary/aromatic N) is 3. The molecule has 0 fully saturated rings. The van der Waals surface area contributed by atoms with Crippen LogP contribution in [0.25, 0.3) is 0 Å². The van der Waals surface area contributed by atoms with Crippen LogP contribution in [0.4, 0.5) is 5.82 Å². The van der Waals surface area contributed by atoms with Gasteiger partial charge >= 0.3 is 0 Å². The zero-order valence-electron chi connectivity index (χ0n) is 8.40. The van der Waals surface area contributed by atoms with E-state index in [4.69, 9.17) is 5.73 Å². The lowest BCUT2D eigenvalue weighted by molar-refractivity contribution is -0.114. The molecule has 1 aromatic heterocycles. The summed E-state index contributed by atoms with van der Waals surface area (Å²) in [5, 5.41) is 10.2. The number of hydrogen-bond acceptors (Lipinski definition) is 4. The van der Waals surface area contributed by atoms with Crippen molar-refractivity contribution in [1.82, 2.24) is 15.0 Å². The third kappa shape index (κ3) is 3.14. The van der Waals surface area contributed by atoms with E-state index >= 15 is 0 Å². The van der Waals surface area contributed by atoms with E-state index in [9.17, 15) is 4.79 Å². The van der Waals surface area contributed by atoms with Crippen molar-refractivity contribution in [3.8, 4) is 0 Å². The Morgan fingerprint density at radius 3 is 3.07 bits per heavy atom. The quantitative estimate of drug-likeness (QED) is 0.701. The Labute approximate surface area is 82.5 Å². The maximum Gasteiger partial charge on any atom is 0.222 e. The van der Waals surface area contributed by atoms with Gasteiger partial charge in [-0.05, 0) is 12.5 Å². The molecule has 6 heteroatoms. The third-order valence-corrected chi connectivity index (χ3v) is 1.74. The fraction of sp³-hybridized carbons (Fsp3) is 0.625. The van der Waals surface area contributed by atoms with Crippen LogP contribution < -0.4 is 11.1 Å². The van der Waals surface area contributed by atoms with Crippen molar-refractivity contribution in [1.29, 1.82) is 0 Å². The van der Waals surface area contributed by atoms with Crippen LogP contribution in [0.1, 0.15) is 13.8 Å². The van der Waals surface area contributed by atoms with Crippen LogP contribution in [0.5, 0.6) is 0 Å². The van der Waals surface area contributed by atoms with Crippen molar-refractivity contribution in [3.63, 3.8) is 0 Å². The molecule has 1 heterocycles. The molecule has 0 saturated carbocycles. The number of nitrogens with two attached hydrogens (primary N) is 1. The predicted octanol–water partition coefficient (Wildman–Crippen LogP) is -0.169. The molecule has 0 aliphatic carbocycles. The van der Waals surface area contributed by atoms with Crippen LogP contribution in [0.3, 0.4) is 0 Å². The van der Waals surface area contributed by atoms with E-state index in [0.29, 0.717) is 24.8 Å². The minimum atomic E-state index is -0.149. The van der Waals surface area contributed by atoms with Crippen molar-refractivity contribution in [2.24, 2.45) is 11.7 Å². The average molecular weight is 197 g/mol. The molecule has 1 amide bonds. The van der Waals surface area contributed by atoms with E-state index in [1.807, 2.05) is 6.92 Å². The van der Waals surface area contributed by atoms with Crippen LogP contribution in [-0.4, -0.2) is 27.4 Å². The molecule has 0 aliphatic rings. The number of carbonyl (C=O) groups is 1. The average Bonchev–Trinajstić information content (AvgIpc) is 2.51. The van der Waals surface area contributed by atoms with Gasteiger partial charge in [0, 0.05) is 13.5 Å². The summed E-state index contributed by atoms with van der Waals surface area (Å²) < 4.78 is 1.67. The predicted molar refractivity (Wildman–Crippen MR) is 52.5 cm³/mol. The summed E-state index contributed by atoms with van der Waals surface area (Å²) in [6.07, 6.45) is 1.69. The molecule has 1 aromatic rings. The van der Waals surface area contributed by atoms with Gasteiger partial charge in [-0.1, -0.05) is 12.1 Å². The molecule has 78 valence electrons. The first-order valence-corrected chi connectivity index (χ1v) is 4.49. The third-order valence-electron chi connectivity index (χ3n) is 1.74. The van der Waals surface area contributed by atoms with Gasteiger partial charge in [0.15, 0.2) is 5.82 Å². The van der Waals surface area contributed by atoms with E-state index in [-0.39, 0.29) is 5.91 Å². The van der Waals surface area contributed by atoms with Gasteiger partial charge in [0.2, 0.25) is 5.91 Å². The lowest BCUT2D eigenvalue weighted by Crippen LogP contribution is -2.17. The Balaban J connectivity index is 2.54. The summed E-state index contributed by atoms with van der Waals surface area (Å²) in [5.74, 6) is 0.674. The summed E-state index contributed by atoms with van der Waals surface area (Å²) in [4.78, 5) is 10.7. The molecule has 1 rings (SSSR count). The zero-order valence-corrected chi connectivity index (χ0v) is 8.40. The molecular formula is C8H15N5O. The van der Waals surface area contributed by atoms with Crippen LogP contribution in [-0.2, 0) is 11.3 Å². The fourth-order valence-electron chi connectivity index (χ4n) is 1.02. The van der Waals surface area contributed by atoms with E-state index < -0.39 is 0 Å². The van der Waals surface area contributed by atoms with Crippen molar-refractivity contribution in [2.45, 2.75) is 20.4 Å². The van der Waals surface area contributed by atoms with Crippen molar-refractivity contribution in [2.75, 3.05) is 11.9 Å². The number of rotatable bonds is 4. The van der Waals surface area contributed by atoms with Crippen LogP contribution in [0, 0.1) is 5.92 Å². The maximum absolute atomic E-state index is 10.7. The SMILES string of the molecule is CC(=O)Nc1cn(CC(C)CN)nn1. The van der Waals surface area contributed by atoms with Gasteiger partial charge in [-0.2, -0.15) is 0 Å². The number of aromatic nitrogens is 3. The molecule has 0 saturated heterocycles. The molecule has 0 bridgehead atoms. The van der Waals surface area contributed by atoms with E-state index in [1.54, 1.807) is 10.9 Å². The fourth-order valence-corrected chi connectivity index (χ4v) is 1.02. The first kappa shape index (κ1) is 10.6. The highest BCUT2D eigenvalue weighted by atomic mass is 16.1. The molecule has 0 spiro atoms. The Morgan fingerprint density at radius 2 is 2.50 bits per heavy atom. The Morgan fingerprint density at radius 1 is 1.79 bits per heavy atom. The minimum Gasteiger partial charge on any atom is -0.330 e. The van der Waals surface area contributed by atoms with Gasteiger partial charge in [-0.15, -0.1) is 5.10 Å². The van der Waals surface area contributed by atoms with E-state index in [2.05, 4.69) is 15.6 Å². The molecule has 14 heavy (non-hydrogen) atoms. The second-order valence-electron chi connectivity index (χ2n) is 3.35. The molecular weight excluding hydrogens is 182 g/mol.